The number of alkyl halides is 24. The first kappa shape index (κ1) is 57.9. The number of nitrogens with zero attached hydrogens (tertiary/aromatic N) is 2. The van der Waals surface area contributed by atoms with E-state index in [4.69, 9.17) is 5.11 Å². The summed E-state index contributed by atoms with van der Waals surface area (Å²) in [4.78, 5) is 14.6. The molecule has 0 aliphatic heterocycles. The van der Waals surface area contributed by atoms with Crippen molar-refractivity contribution in [2.24, 2.45) is 0 Å². The number of hydrogen-bond donors (Lipinski definition) is 1. The van der Waals surface area contributed by atoms with Crippen LogP contribution in [0.3, 0.4) is 0 Å². The smallest absolute Gasteiger partial charge is 0.416 e. The molecule has 0 bridgehead atoms. The molecule has 0 atom stereocenters. The van der Waals surface area contributed by atoms with Gasteiger partial charge in [-0.15, -0.1) is 0 Å². The summed E-state index contributed by atoms with van der Waals surface area (Å²) >= 11 is 0. The topological polar surface area (TPSA) is 54.1 Å². The van der Waals surface area contributed by atoms with Gasteiger partial charge in [-0.3, -0.25) is 4.79 Å². The zero-order valence-electron chi connectivity index (χ0n) is 35.9. The quantitative estimate of drug-likeness (QED) is 0.0939. The van der Waals surface area contributed by atoms with Crippen LogP contribution < -0.4 is 26.4 Å². The lowest BCUT2D eigenvalue weighted by Gasteiger charge is -2.46. The van der Waals surface area contributed by atoms with Crippen LogP contribution in [-0.4, -0.2) is 22.2 Å². The molecule has 6 rings (SSSR count). The minimum atomic E-state index is -6.13. The first-order valence-electron chi connectivity index (χ1n) is 20.0. The van der Waals surface area contributed by atoms with Crippen LogP contribution in [0.4, 0.5) is 105 Å². The number of carboxylic acids is 1. The average molecular weight is 1090 g/mol. The first-order valence-corrected chi connectivity index (χ1v) is 20.0. The fourth-order valence-electron chi connectivity index (χ4n) is 7.69. The van der Waals surface area contributed by atoms with E-state index >= 15 is 0 Å². The van der Waals surface area contributed by atoms with Crippen LogP contribution in [0, 0.1) is 0 Å². The van der Waals surface area contributed by atoms with Crippen LogP contribution in [0.2, 0.25) is 0 Å². The molecule has 0 aliphatic carbocycles. The van der Waals surface area contributed by atoms with Gasteiger partial charge < -0.3 is 5.11 Å². The molecule has 4 nitrogen and oxygen atoms in total. The summed E-state index contributed by atoms with van der Waals surface area (Å²) in [6.07, 6.45) is -49.6. The van der Waals surface area contributed by atoms with Gasteiger partial charge in [0.15, 0.2) is 18.9 Å². The second-order valence-electron chi connectivity index (χ2n) is 16.0. The second-order valence-corrected chi connectivity index (χ2v) is 16.0. The summed E-state index contributed by atoms with van der Waals surface area (Å²) < 4.78 is 343. The zero-order valence-corrected chi connectivity index (χ0v) is 35.9. The number of halogens is 24. The summed E-state index contributed by atoms with van der Waals surface area (Å²) in [6.45, 7) is 0.718. The lowest BCUT2D eigenvalue weighted by Crippen LogP contribution is -2.75. The molecule has 0 saturated heterocycles. The molecule has 0 radical (unpaired) electrons. The van der Waals surface area contributed by atoms with E-state index in [0.29, 0.717) is 5.69 Å². The van der Waals surface area contributed by atoms with Crippen molar-refractivity contribution >= 4 is 34.0 Å². The Morgan fingerprint density at radius 2 is 0.676 bits per heavy atom. The summed E-state index contributed by atoms with van der Waals surface area (Å²) in [5.74, 6) is -0.866. The van der Waals surface area contributed by atoms with E-state index in [1.54, 1.807) is 12.4 Å². The first-order chi connectivity index (χ1) is 33.5. The van der Waals surface area contributed by atoms with Gasteiger partial charge in [-0.25, -0.2) is 4.98 Å². The Labute approximate surface area is 398 Å². The Hall–Kier alpha value is -6.97. The standard InChI is InChI=1S/C32H12BF24.C13H12N2O2/c34-25(35,36)13-1-14(26(37,38)39)6-21(5-13)33(22-7-15(27(40,41)42)2-16(8-22)28(43,44)45,23-9-17(29(46,47)48)3-18(10-23)30(49,50)51)24-11-19(31(52,53)54)4-20(12-24)32(55,56)57;16-13(17)8-12-10-15(7-6-14-12)9-11-4-2-1-3-5-11/h1-12H;1-7,10H,8-9H2/q-1;/p+1. The van der Waals surface area contributed by atoms with E-state index in [1.165, 1.54) is 5.56 Å². The van der Waals surface area contributed by atoms with E-state index in [9.17, 15) is 110 Å². The molecule has 0 fully saturated rings. The highest BCUT2D eigenvalue weighted by molar-refractivity contribution is 7.20. The van der Waals surface area contributed by atoms with E-state index in [2.05, 4.69) is 4.98 Å². The van der Waals surface area contributed by atoms with Gasteiger partial charge in [-0.1, -0.05) is 78.9 Å². The van der Waals surface area contributed by atoms with Gasteiger partial charge in [0.05, 0.1) is 57.1 Å². The van der Waals surface area contributed by atoms with Crippen molar-refractivity contribution in [1.29, 1.82) is 0 Å². The fourth-order valence-corrected chi connectivity index (χ4v) is 7.69. The highest BCUT2D eigenvalue weighted by atomic mass is 19.4. The van der Waals surface area contributed by atoms with Crippen molar-refractivity contribution in [3.05, 3.63) is 177 Å². The third-order valence-electron chi connectivity index (χ3n) is 10.8. The maximum absolute atomic E-state index is 14.2. The molecule has 6 aromatic rings. The van der Waals surface area contributed by atoms with E-state index in [0.717, 1.165) is 6.54 Å². The monoisotopic (exact) mass is 1090 g/mol. The normalized spacial score (nSPS) is 13.4. The maximum Gasteiger partial charge on any atom is 0.416 e. The molecule has 1 heterocycles. The molecule has 0 saturated carbocycles. The minimum Gasteiger partial charge on any atom is -0.481 e. The van der Waals surface area contributed by atoms with Gasteiger partial charge in [-0.05, 0) is 24.3 Å². The number of aliphatic carboxylic acids is 1. The maximum atomic E-state index is 14.2. The molecule has 74 heavy (non-hydrogen) atoms. The third-order valence-corrected chi connectivity index (χ3v) is 10.8. The minimum absolute atomic E-state index is 0.0460. The number of hydrogen-bond acceptors (Lipinski definition) is 2. The Kier molecular flexibility index (Phi) is 15.7. The molecule has 398 valence electrons. The number of rotatable bonds is 8. The van der Waals surface area contributed by atoms with E-state index in [-0.39, 0.29) is 6.42 Å². The zero-order chi connectivity index (χ0) is 56.0. The summed E-state index contributed by atoms with van der Waals surface area (Å²) in [7, 11) is 0. The number of benzene rings is 5. The Bertz CT molecular complexity index is 2550. The van der Waals surface area contributed by atoms with Crippen molar-refractivity contribution in [3.8, 4) is 0 Å². The predicted molar refractivity (Wildman–Crippen MR) is 211 cm³/mol. The van der Waals surface area contributed by atoms with Crippen molar-refractivity contribution < 1.29 is 120 Å². The van der Waals surface area contributed by atoms with Crippen molar-refractivity contribution in [3.63, 3.8) is 0 Å². The summed E-state index contributed by atoms with van der Waals surface area (Å²) in [6, 6.07) is 1.19. The molecular weight excluding hydrogens is 1070 g/mol. The predicted octanol–water partition coefficient (Wildman–Crippen LogP) is 12.3. The number of carboxylic acid groups (broad SMARTS) is 1. The van der Waals surface area contributed by atoms with Gasteiger partial charge in [0.1, 0.15) is 11.8 Å². The van der Waals surface area contributed by atoms with Crippen LogP contribution in [0.15, 0.2) is 122 Å². The van der Waals surface area contributed by atoms with Crippen molar-refractivity contribution in [2.45, 2.75) is 62.4 Å². The molecule has 0 aliphatic rings. The lowest BCUT2D eigenvalue weighted by molar-refractivity contribution is -0.689. The second kappa shape index (κ2) is 20.0. The summed E-state index contributed by atoms with van der Waals surface area (Å²) in [5.41, 5.74) is -28.5. The highest BCUT2D eigenvalue weighted by Crippen LogP contribution is 2.41. The molecule has 0 spiro atoms. The van der Waals surface area contributed by atoms with Gasteiger partial charge in [0.2, 0.25) is 0 Å². The number of carbonyl (C=O) groups is 1. The van der Waals surface area contributed by atoms with Crippen molar-refractivity contribution in [2.75, 3.05) is 0 Å². The SMILES string of the molecule is FC(F)(F)c1cc([B-](c2cc(C(F)(F)F)cc(C(F)(F)F)c2)(c2cc(C(F)(F)F)cc(C(F)(F)F)c2)c2cc(C(F)(F)F)cc(C(F)(F)F)c2)cc(C(F)(F)F)c1.O=C(O)Cc1c[n+](Cc2ccccc2)ccn1. The lowest BCUT2D eigenvalue weighted by atomic mass is 9.12. The fraction of sp³-hybridized carbons (Fsp3) is 0.222. The Morgan fingerprint density at radius 1 is 0.419 bits per heavy atom. The molecule has 1 aromatic heterocycles. The summed E-state index contributed by atoms with van der Waals surface area (Å²) in [5, 5.41) is 8.70. The van der Waals surface area contributed by atoms with Crippen LogP contribution in [0.25, 0.3) is 0 Å². The van der Waals surface area contributed by atoms with Gasteiger partial charge >= 0.3 is 55.4 Å². The Balaban J connectivity index is 0.000000500. The van der Waals surface area contributed by atoms with Crippen molar-refractivity contribution in [1.82, 2.24) is 4.98 Å². The third kappa shape index (κ3) is 13.8. The number of aromatic nitrogens is 2. The van der Waals surface area contributed by atoms with Gasteiger partial charge in [0.25, 0.3) is 0 Å². The van der Waals surface area contributed by atoms with E-state index < -0.39 is 201 Å². The van der Waals surface area contributed by atoms with Crippen LogP contribution >= 0.6 is 0 Å². The van der Waals surface area contributed by atoms with Gasteiger partial charge in [-0.2, -0.15) is 132 Å². The molecule has 5 aromatic carbocycles. The highest BCUT2D eigenvalue weighted by Gasteiger charge is 2.47. The van der Waals surface area contributed by atoms with Crippen LogP contribution in [0.5, 0.6) is 0 Å². The van der Waals surface area contributed by atoms with Crippen LogP contribution in [-0.2, 0) is 67.2 Å². The molecule has 0 unspecified atom stereocenters. The average Bonchev–Trinajstić information content (AvgIpc) is 3.24. The molecular formula is C45H25BF24N2O2. The van der Waals surface area contributed by atoms with Gasteiger partial charge in [0, 0.05) is 5.56 Å². The molecule has 1 N–H and O–H groups in total. The molecule has 29 heteroatoms. The molecule has 0 amide bonds. The van der Waals surface area contributed by atoms with E-state index in [1.807, 2.05) is 41.1 Å². The van der Waals surface area contributed by atoms with Crippen LogP contribution in [0.1, 0.15) is 55.8 Å². The Morgan fingerprint density at radius 3 is 0.905 bits per heavy atom. The largest absolute Gasteiger partial charge is 0.481 e.